The average molecular weight is 285 g/mol. The Labute approximate surface area is 104 Å². The zero-order valence-electron chi connectivity index (χ0n) is 9.43. The summed E-state index contributed by atoms with van der Waals surface area (Å²) in [7, 11) is 0. The first-order valence-corrected chi connectivity index (χ1v) is 9.43. The minimum absolute atomic E-state index is 0.130. The Morgan fingerprint density at radius 3 is 2.62 bits per heavy atom. The molecule has 0 heterocycles. The zero-order chi connectivity index (χ0) is 12.8. The van der Waals surface area contributed by atoms with E-state index in [1.165, 1.54) is 18.3 Å². The molecular weight excluding hydrogens is 269 g/mol. The fraction of sp³-hybridized carbons (Fsp3) is 0.750. The lowest BCUT2D eigenvalue weighted by molar-refractivity contribution is -0.140. The Bertz CT molecular complexity index is 310. The summed E-state index contributed by atoms with van der Waals surface area (Å²) in [6, 6.07) is -0.880. The molecule has 0 saturated heterocycles. The average Bonchev–Trinajstić information content (AvgIpc) is 2.14. The third-order valence-electron chi connectivity index (χ3n) is 1.54. The van der Waals surface area contributed by atoms with Crippen LogP contribution in [0.25, 0.3) is 0 Å². The van der Waals surface area contributed by atoms with E-state index in [-0.39, 0.29) is 11.7 Å². The van der Waals surface area contributed by atoms with Gasteiger partial charge in [-0.25, -0.2) is 0 Å². The number of rotatable bonds is 7. The summed E-state index contributed by atoms with van der Waals surface area (Å²) in [6.45, 7) is 5.57. The fourth-order valence-electron chi connectivity index (χ4n) is 0.793. The third kappa shape index (κ3) is 7.22. The van der Waals surface area contributed by atoms with Crippen LogP contribution in [0.5, 0.6) is 0 Å². The van der Waals surface area contributed by atoms with Gasteiger partial charge in [0.2, 0.25) is 5.91 Å². The topological polar surface area (TPSA) is 75.6 Å². The first-order chi connectivity index (χ1) is 7.28. The first-order valence-electron chi connectivity index (χ1n) is 4.67. The van der Waals surface area contributed by atoms with Gasteiger partial charge in [-0.05, 0) is 20.5 Å². The molecule has 0 rings (SSSR count). The van der Waals surface area contributed by atoms with Crippen LogP contribution < -0.4 is 5.32 Å². The second-order valence-electron chi connectivity index (χ2n) is 3.09. The normalized spacial score (nSPS) is 16.2. The molecule has 0 aromatic rings. The van der Waals surface area contributed by atoms with Crippen molar-refractivity contribution in [3.05, 3.63) is 0 Å². The molecule has 0 radical (unpaired) electrons. The minimum atomic E-state index is -1.97. The Hall–Kier alpha value is -0.100. The summed E-state index contributed by atoms with van der Waals surface area (Å²) in [5.41, 5.74) is -1.97. The molecule has 0 fully saturated rings. The van der Waals surface area contributed by atoms with Crippen molar-refractivity contribution in [2.75, 3.05) is 19.0 Å². The lowest BCUT2D eigenvalue weighted by atomic mass is 10.3. The molecule has 8 heteroatoms. The monoisotopic (exact) mass is 285 g/mol. The summed E-state index contributed by atoms with van der Waals surface area (Å²) < 4.78 is 5.32. The highest BCUT2D eigenvalue weighted by atomic mass is 32.9. The molecular formula is C8H16NO4PS2. The third-order valence-corrected chi connectivity index (χ3v) is 6.50. The van der Waals surface area contributed by atoms with Crippen molar-refractivity contribution in [3.8, 4) is 0 Å². The first kappa shape index (κ1) is 15.9. The number of carbonyl (C=O) groups excluding carboxylic acids is 1. The van der Waals surface area contributed by atoms with Crippen molar-refractivity contribution in [1.82, 2.24) is 5.32 Å². The van der Waals surface area contributed by atoms with Gasteiger partial charge in [-0.15, -0.1) is 0 Å². The highest BCUT2D eigenvalue weighted by Crippen LogP contribution is 2.56. The van der Waals surface area contributed by atoms with Crippen LogP contribution in [0.3, 0.4) is 0 Å². The van der Waals surface area contributed by atoms with Gasteiger partial charge in [0.15, 0.2) is 0 Å². The lowest BCUT2D eigenvalue weighted by Gasteiger charge is -2.15. The zero-order valence-corrected chi connectivity index (χ0v) is 12.0. The van der Waals surface area contributed by atoms with E-state index in [1.54, 1.807) is 6.66 Å². The second-order valence-corrected chi connectivity index (χ2v) is 11.1. The van der Waals surface area contributed by atoms with Gasteiger partial charge in [0.05, 0.1) is 5.75 Å². The highest BCUT2D eigenvalue weighted by molar-refractivity contribution is 8.69. The Morgan fingerprint density at radius 2 is 2.19 bits per heavy atom. The highest BCUT2D eigenvalue weighted by Gasteiger charge is 2.17. The molecule has 0 aliphatic heterocycles. The minimum Gasteiger partial charge on any atom is -0.480 e. The smallest absolute Gasteiger partial charge is 0.325 e. The number of hydrogen-bond donors (Lipinski definition) is 2. The molecule has 0 unspecified atom stereocenters. The van der Waals surface area contributed by atoms with E-state index in [4.69, 9.17) is 21.4 Å². The van der Waals surface area contributed by atoms with Crippen LogP contribution in [0.15, 0.2) is 0 Å². The van der Waals surface area contributed by atoms with E-state index < -0.39 is 17.5 Å². The van der Waals surface area contributed by atoms with Crippen LogP contribution in [0.1, 0.15) is 13.8 Å². The SMILES string of the molecule is CCO[P@@](C)(=S)SCC(=O)N[C@@H](C)C(=O)O. The van der Waals surface area contributed by atoms with Gasteiger partial charge in [-0.3, -0.25) is 9.59 Å². The van der Waals surface area contributed by atoms with Crippen molar-refractivity contribution in [2.24, 2.45) is 0 Å². The molecule has 16 heavy (non-hydrogen) atoms. The molecule has 0 saturated carbocycles. The van der Waals surface area contributed by atoms with Crippen LogP contribution in [-0.2, 0) is 25.9 Å². The Balaban J connectivity index is 3.99. The van der Waals surface area contributed by atoms with Crippen LogP contribution in [-0.4, -0.2) is 42.0 Å². The predicted octanol–water partition coefficient (Wildman–Crippen LogP) is 1.28. The lowest BCUT2D eigenvalue weighted by Crippen LogP contribution is -2.39. The van der Waals surface area contributed by atoms with Crippen molar-refractivity contribution in [1.29, 1.82) is 0 Å². The summed E-state index contributed by atoms with van der Waals surface area (Å²) in [5, 5.41) is 10.9. The van der Waals surface area contributed by atoms with Gasteiger partial charge < -0.3 is 14.9 Å². The van der Waals surface area contributed by atoms with Crippen molar-refractivity contribution in [3.63, 3.8) is 0 Å². The standard InChI is InChI=1S/C8H16NO4PS2/c1-4-13-14(3,15)16-5-7(10)9-6(2)8(11)12/h6H,4-5H2,1-3H3,(H,9,10)(H,11,12)/t6-,14-/m0/s1. The van der Waals surface area contributed by atoms with Crippen molar-refractivity contribution in [2.45, 2.75) is 19.9 Å². The molecule has 2 N–H and O–H groups in total. The number of amides is 1. The number of hydrogen-bond acceptors (Lipinski definition) is 5. The maximum absolute atomic E-state index is 11.3. The van der Waals surface area contributed by atoms with E-state index in [0.717, 1.165) is 0 Å². The predicted molar refractivity (Wildman–Crippen MR) is 69.5 cm³/mol. The summed E-state index contributed by atoms with van der Waals surface area (Å²) in [4.78, 5) is 21.8. The van der Waals surface area contributed by atoms with Gasteiger partial charge in [-0.1, -0.05) is 23.2 Å². The molecule has 2 atom stereocenters. The van der Waals surface area contributed by atoms with Crippen molar-refractivity contribution >= 4 is 40.5 Å². The van der Waals surface area contributed by atoms with E-state index in [0.29, 0.717) is 6.61 Å². The number of carbonyl (C=O) groups is 2. The molecule has 0 bridgehead atoms. The molecule has 0 aliphatic rings. The van der Waals surface area contributed by atoms with Gasteiger partial charge in [0.25, 0.3) is 0 Å². The molecule has 0 aromatic carbocycles. The molecule has 94 valence electrons. The van der Waals surface area contributed by atoms with Crippen LogP contribution in [0.4, 0.5) is 0 Å². The van der Waals surface area contributed by atoms with E-state index in [2.05, 4.69) is 5.32 Å². The molecule has 0 aliphatic carbocycles. The molecule has 1 amide bonds. The number of carboxylic acid groups (broad SMARTS) is 1. The van der Waals surface area contributed by atoms with Crippen molar-refractivity contribution < 1.29 is 19.2 Å². The molecule has 0 aromatic heterocycles. The number of nitrogens with one attached hydrogen (secondary N) is 1. The number of carboxylic acids is 1. The van der Waals surface area contributed by atoms with E-state index >= 15 is 0 Å². The van der Waals surface area contributed by atoms with Crippen LogP contribution >= 0.6 is 16.8 Å². The Kier molecular flexibility index (Phi) is 7.22. The van der Waals surface area contributed by atoms with Crippen LogP contribution in [0, 0.1) is 0 Å². The van der Waals surface area contributed by atoms with E-state index in [9.17, 15) is 9.59 Å². The van der Waals surface area contributed by atoms with Gasteiger partial charge >= 0.3 is 5.97 Å². The Morgan fingerprint density at radius 1 is 1.62 bits per heavy atom. The summed E-state index contributed by atoms with van der Waals surface area (Å²) in [5.74, 6) is -1.26. The maximum Gasteiger partial charge on any atom is 0.325 e. The second kappa shape index (κ2) is 7.27. The molecule has 0 spiro atoms. The van der Waals surface area contributed by atoms with Crippen LogP contribution in [0.2, 0.25) is 0 Å². The maximum atomic E-state index is 11.3. The quantitative estimate of drug-likeness (QED) is 0.686. The fourth-order valence-corrected chi connectivity index (χ4v) is 4.16. The number of aliphatic carboxylic acids is 1. The summed E-state index contributed by atoms with van der Waals surface area (Å²) >= 11 is 6.45. The van der Waals surface area contributed by atoms with Gasteiger partial charge in [-0.2, -0.15) is 0 Å². The largest absolute Gasteiger partial charge is 0.480 e. The van der Waals surface area contributed by atoms with Gasteiger partial charge in [0.1, 0.15) is 11.5 Å². The molecule has 5 nitrogen and oxygen atoms in total. The summed E-state index contributed by atoms with van der Waals surface area (Å²) in [6.07, 6.45) is 0. The van der Waals surface area contributed by atoms with E-state index in [1.807, 2.05) is 6.92 Å². The van der Waals surface area contributed by atoms with Gasteiger partial charge in [0, 0.05) is 6.61 Å².